The maximum absolute atomic E-state index is 11.8. The fourth-order valence-corrected chi connectivity index (χ4v) is 2.44. The molecule has 0 aliphatic carbocycles. The van der Waals surface area contributed by atoms with Crippen molar-refractivity contribution in [2.45, 2.75) is 32.8 Å². The van der Waals surface area contributed by atoms with Crippen molar-refractivity contribution in [2.75, 3.05) is 31.8 Å². The van der Waals surface area contributed by atoms with Crippen LogP contribution in [0.5, 0.6) is 0 Å². The molecule has 0 saturated carbocycles. The van der Waals surface area contributed by atoms with Gasteiger partial charge in [0, 0.05) is 32.3 Å². The number of hydrogen-bond donors (Lipinski definition) is 0. The van der Waals surface area contributed by atoms with E-state index in [2.05, 4.69) is 0 Å². The lowest BCUT2D eigenvalue weighted by atomic mass is 10.2. The molecule has 0 N–H and O–H groups in total. The Kier molecular flexibility index (Phi) is 5.31. The van der Waals surface area contributed by atoms with E-state index in [4.69, 9.17) is 4.74 Å². The van der Waals surface area contributed by atoms with Crippen LogP contribution >= 0.6 is 11.8 Å². The van der Waals surface area contributed by atoms with Crippen LogP contribution in [0.15, 0.2) is 0 Å². The van der Waals surface area contributed by atoms with Gasteiger partial charge in [0.05, 0.1) is 5.88 Å². The Morgan fingerprint density at radius 3 is 2.56 bits per heavy atom. The summed E-state index contributed by atoms with van der Waals surface area (Å²) in [4.78, 5) is 26.7. The molecule has 0 aromatic heterocycles. The molecule has 0 aromatic rings. The molecule has 1 aliphatic rings. The van der Waals surface area contributed by atoms with Crippen molar-refractivity contribution in [3.63, 3.8) is 0 Å². The summed E-state index contributed by atoms with van der Waals surface area (Å²) in [5.41, 5.74) is -0.499. The highest BCUT2D eigenvalue weighted by atomic mass is 32.2. The molecule has 5 nitrogen and oxygen atoms in total. The third-order valence-electron chi connectivity index (χ3n) is 2.47. The summed E-state index contributed by atoms with van der Waals surface area (Å²) in [6.45, 7) is 6.69. The minimum atomic E-state index is -0.499. The Bertz CT molecular complexity index is 309. The third-order valence-corrected chi connectivity index (χ3v) is 3.44. The molecule has 1 heterocycles. The highest BCUT2D eigenvalue weighted by molar-refractivity contribution is 7.99. The molecule has 1 aliphatic heterocycles. The lowest BCUT2D eigenvalue weighted by molar-refractivity contribution is -0.129. The average Bonchev–Trinajstić information content (AvgIpc) is 2.76. The van der Waals surface area contributed by atoms with Crippen molar-refractivity contribution < 1.29 is 14.3 Å². The van der Waals surface area contributed by atoms with E-state index >= 15 is 0 Å². The van der Waals surface area contributed by atoms with Crippen LogP contribution in [0.3, 0.4) is 0 Å². The van der Waals surface area contributed by atoms with Gasteiger partial charge < -0.3 is 14.5 Å². The largest absolute Gasteiger partial charge is 0.444 e. The number of rotatable bonds is 3. The van der Waals surface area contributed by atoms with Crippen LogP contribution < -0.4 is 0 Å². The zero-order chi connectivity index (χ0) is 13.8. The van der Waals surface area contributed by atoms with Crippen LogP contribution in [0.4, 0.5) is 4.79 Å². The van der Waals surface area contributed by atoms with E-state index in [1.165, 1.54) is 4.90 Å². The molecular weight excluding hydrogens is 252 g/mol. The Morgan fingerprint density at radius 2 is 2.06 bits per heavy atom. The van der Waals surface area contributed by atoms with Crippen molar-refractivity contribution in [3.05, 3.63) is 0 Å². The minimum absolute atomic E-state index is 0.107. The molecule has 104 valence electrons. The maximum Gasteiger partial charge on any atom is 0.410 e. The number of carbonyl (C=O) groups is 2. The van der Waals surface area contributed by atoms with Crippen molar-refractivity contribution in [1.29, 1.82) is 0 Å². The highest BCUT2D eigenvalue weighted by Crippen LogP contribution is 2.14. The van der Waals surface area contributed by atoms with Crippen LogP contribution in [0.1, 0.15) is 27.2 Å². The topological polar surface area (TPSA) is 49.9 Å². The van der Waals surface area contributed by atoms with Gasteiger partial charge in [-0.2, -0.15) is 0 Å². The predicted molar refractivity (Wildman–Crippen MR) is 72.5 cm³/mol. The molecule has 0 radical (unpaired) electrons. The molecule has 0 aromatic carbocycles. The summed E-state index contributed by atoms with van der Waals surface area (Å²) < 4.78 is 5.22. The first-order valence-electron chi connectivity index (χ1n) is 6.09. The Morgan fingerprint density at radius 1 is 1.39 bits per heavy atom. The minimum Gasteiger partial charge on any atom is -0.444 e. The van der Waals surface area contributed by atoms with Gasteiger partial charge in [0.1, 0.15) is 5.60 Å². The lowest BCUT2D eigenvalue weighted by Gasteiger charge is -2.25. The molecule has 6 heteroatoms. The Hall–Kier alpha value is -0.910. The van der Waals surface area contributed by atoms with E-state index in [0.717, 1.165) is 18.2 Å². The molecule has 2 amide bonds. The molecule has 0 spiro atoms. The van der Waals surface area contributed by atoms with E-state index in [0.29, 0.717) is 13.0 Å². The van der Waals surface area contributed by atoms with E-state index in [9.17, 15) is 9.59 Å². The molecule has 1 rings (SSSR count). The smallest absolute Gasteiger partial charge is 0.410 e. The van der Waals surface area contributed by atoms with Gasteiger partial charge in [-0.05, 0) is 20.8 Å². The van der Waals surface area contributed by atoms with Gasteiger partial charge in [0.25, 0.3) is 0 Å². The van der Waals surface area contributed by atoms with Crippen molar-refractivity contribution in [1.82, 2.24) is 9.80 Å². The molecule has 0 unspecified atom stereocenters. The van der Waals surface area contributed by atoms with E-state index < -0.39 is 5.60 Å². The number of thioether (sulfide) groups is 1. The summed E-state index contributed by atoms with van der Waals surface area (Å²) in [5, 5.41) is 0. The predicted octanol–water partition coefficient (Wildman–Crippen LogP) is 1.78. The number of carbonyl (C=O) groups excluding carboxylic acids is 2. The van der Waals surface area contributed by atoms with Gasteiger partial charge in [-0.25, -0.2) is 4.79 Å². The second-order valence-corrected chi connectivity index (χ2v) is 6.42. The molecule has 1 saturated heterocycles. The highest BCUT2D eigenvalue weighted by Gasteiger charge is 2.22. The van der Waals surface area contributed by atoms with Gasteiger partial charge in [-0.3, -0.25) is 4.79 Å². The second-order valence-electron chi connectivity index (χ2n) is 5.35. The standard InChI is InChI=1S/C12H22N2O3S/c1-12(2,3)17-11(16)13(4)6-5-10(15)14-7-8-18-9-14/h5-9H2,1-4H3. The lowest BCUT2D eigenvalue weighted by Crippen LogP contribution is -2.37. The summed E-state index contributed by atoms with van der Waals surface area (Å²) in [6.07, 6.45) is -0.0258. The van der Waals surface area contributed by atoms with Gasteiger partial charge in [0.2, 0.25) is 5.91 Å². The Balaban J connectivity index is 2.29. The van der Waals surface area contributed by atoms with Crippen molar-refractivity contribution in [2.24, 2.45) is 0 Å². The second kappa shape index (κ2) is 6.31. The van der Waals surface area contributed by atoms with E-state index in [1.807, 2.05) is 25.7 Å². The van der Waals surface area contributed by atoms with Gasteiger partial charge in [0.15, 0.2) is 0 Å². The zero-order valence-corrected chi connectivity index (χ0v) is 12.4. The maximum atomic E-state index is 11.8. The third kappa shape index (κ3) is 5.16. The Labute approximate surface area is 113 Å². The monoisotopic (exact) mass is 274 g/mol. The molecule has 18 heavy (non-hydrogen) atoms. The molecule has 0 bridgehead atoms. The van der Waals surface area contributed by atoms with Crippen molar-refractivity contribution >= 4 is 23.8 Å². The van der Waals surface area contributed by atoms with Crippen LogP contribution in [0, 0.1) is 0 Å². The van der Waals surface area contributed by atoms with Crippen LogP contribution in [0.25, 0.3) is 0 Å². The normalized spacial score (nSPS) is 15.7. The number of nitrogens with zero attached hydrogens (tertiary/aromatic N) is 2. The van der Waals surface area contributed by atoms with Gasteiger partial charge in [-0.15, -0.1) is 11.8 Å². The fourth-order valence-electron chi connectivity index (χ4n) is 1.46. The molecule has 0 atom stereocenters. The first kappa shape index (κ1) is 15.1. The summed E-state index contributed by atoms with van der Waals surface area (Å²) >= 11 is 1.76. The van der Waals surface area contributed by atoms with Crippen LogP contribution in [-0.4, -0.2) is 59.2 Å². The average molecular weight is 274 g/mol. The summed E-state index contributed by atoms with van der Waals surface area (Å²) in [7, 11) is 1.65. The van der Waals surface area contributed by atoms with E-state index in [-0.39, 0.29) is 12.0 Å². The first-order chi connectivity index (χ1) is 8.29. The van der Waals surface area contributed by atoms with Gasteiger partial charge in [-0.1, -0.05) is 0 Å². The fraction of sp³-hybridized carbons (Fsp3) is 0.833. The summed E-state index contributed by atoms with van der Waals surface area (Å²) in [6, 6.07) is 0. The molecule has 1 fully saturated rings. The zero-order valence-electron chi connectivity index (χ0n) is 11.6. The number of ether oxygens (including phenoxy) is 1. The number of amides is 2. The SMILES string of the molecule is CN(CCC(=O)N1CCSC1)C(=O)OC(C)(C)C. The first-order valence-corrected chi connectivity index (χ1v) is 7.25. The van der Waals surface area contributed by atoms with Crippen molar-refractivity contribution in [3.8, 4) is 0 Å². The molecular formula is C12H22N2O3S. The van der Waals surface area contributed by atoms with Gasteiger partial charge >= 0.3 is 6.09 Å². The summed E-state index contributed by atoms with van der Waals surface area (Å²) in [5.74, 6) is 1.89. The van der Waals surface area contributed by atoms with Crippen LogP contribution in [0.2, 0.25) is 0 Å². The van der Waals surface area contributed by atoms with Crippen LogP contribution in [-0.2, 0) is 9.53 Å². The van der Waals surface area contributed by atoms with E-state index in [1.54, 1.807) is 18.8 Å². The quantitative estimate of drug-likeness (QED) is 0.787. The number of hydrogen-bond acceptors (Lipinski definition) is 4.